The minimum absolute atomic E-state index is 0.121. The van der Waals surface area contributed by atoms with E-state index in [2.05, 4.69) is 4.90 Å². The highest BCUT2D eigenvalue weighted by Crippen LogP contribution is 2.38. The zero-order chi connectivity index (χ0) is 10.8. The van der Waals surface area contributed by atoms with Crippen LogP contribution in [0.5, 0.6) is 0 Å². The molecule has 0 bridgehead atoms. The lowest BCUT2D eigenvalue weighted by Crippen LogP contribution is -2.21. The molecule has 4 nitrogen and oxygen atoms in total. The Labute approximate surface area is 88.5 Å². The van der Waals surface area contributed by atoms with Crippen molar-refractivity contribution in [3.63, 3.8) is 0 Å². The van der Waals surface area contributed by atoms with Crippen molar-refractivity contribution in [3.05, 3.63) is 24.2 Å². The molecule has 0 amide bonds. The molecule has 15 heavy (non-hydrogen) atoms. The number of aliphatic carboxylic acids is 1. The number of hydrogen-bond donors (Lipinski definition) is 1. The second-order valence-corrected chi connectivity index (χ2v) is 4.09. The van der Waals surface area contributed by atoms with Crippen molar-refractivity contribution in [2.45, 2.75) is 18.9 Å². The van der Waals surface area contributed by atoms with Gasteiger partial charge in [-0.25, -0.2) is 0 Å². The van der Waals surface area contributed by atoms with Gasteiger partial charge in [-0.3, -0.25) is 9.69 Å². The first-order valence-electron chi connectivity index (χ1n) is 5.14. The van der Waals surface area contributed by atoms with Gasteiger partial charge in [0.1, 0.15) is 5.76 Å². The molecule has 82 valence electrons. The number of nitrogens with zero attached hydrogens (tertiary/aromatic N) is 1. The van der Waals surface area contributed by atoms with Gasteiger partial charge in [-0.05, 0) is 38.1 Å². The standard InChI is InChI=1S/C11H15NO3/c1-12-5-4-8(7-10(13)14)11(12)9-3-2-6-15-9/h2-3,6,8,11H,4-5,7H2,1H3,(H,13,14)/t8-,11+/m1/s1. The number of furan rings is 1. The predicted octanol–water partition coefficient (Wildman–Crippen LogP) is 1.75. The second kappa shape index (κ2) is 4.06. The van der Waals surface area contributed by atoms with E-state index in [4.69, 9.17) is 9.52 Å². The molecule has 2 heterocycles. The summed E-state index contributed by atoms with van der Waals surface area (Å²) < 4.78 is 5.37. The highest BCUT2D eigenvalue weighted by molar-refractivity contribution is 5.67. The van der Waals surface area contributed by atoms with Gasteiger partial charge in [-0.15, -0.1) is 0 Å². The molecule has 1 aromatic heterocycles. The van der Waals surface area contributed by atoms with E-state index >= 15 is 0 Å². The molecule has 4 heteroatoms. The van der Waals surface area contributed by atoms with Gasteiger partial charge in [0.2, 0.25) is 0 Å². The van der Waals surface area contributed by atoms with Crippen molar-refractivity contribution in [3.8, 4) is 0 Å². The predicted molar refractivity (Wildman–Crippen MR) is 54.4 cm³/mol. The van der Waals surface area contributed by atoms with Gasteiger partial charge in [-0.2, -0.15) is 0 Å². The van der Waals surface area contributed by atoms with Gasteiger partial charge in [0, 0.05) is 0 Å². The molecule has 0 aromatic carbocycles. The summed E-state index contributed by atoms with van der Waals surface area (Å²) in [5.41, 5.74) is 0. The summed E-state index contributed by atoms with van der Waals surface area (Å²) in [5, 5.41) is 8.83. The molecule has 0 saturated carbocycles. The smallest absolute Gasteiger partial charge is 0.303 e. The van der Waals surface area contributed by atoms with Gasteiger partial charge in [0.05, 0.1) is 18.7 Å². The molecule has 0 unspecified atom stereocenters. The highest BCUT2D eigenvalue weighted by atomic mass is 16.4. The largest absolute Gasteiger partial charge is 0.481 e. The van der Waals surface area contributed by atoms with Crippen LogP contribution in [-0.4, -0.2) is 29.6 Å². The molecule has 1 aliphatic rings. The minimum atomic E-state index is -0.730. The Hall–Kier alpha value is -1.29. The van der Waals surface area contributed by atoms with E-state index in [0.29, 0.717) is 0 Å². The SMILES string of the molecule is CN1CC[C@H](CC(=O)O)[C@H]1c1ccco1. The zero-order valence-corrected chi connectivity index (χ0v) is 8.72. The van der Waals surface area contributed by atoms with Crippen LogP contribution in [0.15, 0.2) is 22.8 Å². The first kappa shape index (κ1) is 10.2. The average molecular weight is 209 g/mol. The molecule has 0 aliphatic carbocycles. The summed E-state index contributed by atoms with van der Waals surface area (Å²) in [7, 11) is 2.01. The second-order valence-electron chi connectivity index (χ2n) is 4.09. The van der Waals surface area contributed by atoms with Gasteiger partial charge >= 0.3 is 5.97 Å². The Morgan fingerprint density at radius 3 is 3.13 bits per heavy atom. The molecule has 1 fully saturated rings. The summed E-state index contributed by atoms with van der Waals surface area (Å²) >= 11 is 0. The highest BCUT2D eigenvalue weighted by Gasteiger charge is 2.35. The molecule has 0 spiro atoms. The molecule has 1 saturated heterocycles. The van der Waals surface area contributed by atoms with Gasteiger partial charge < -0.3 is 9.52 Å². The van der Waals surface area contributed by atoms with Crippen molar-refractivity contribution in [2.24, 2.45) is 5.92 Å². The van der Waals surface area contributed by atoms with Crippen LogP contribution in [0, 0.1) is 5.92 Å². The maximum absolute atomic E-state index is 10.7. The van der Waals surface area contributed by atoms with Crippen LogP contribution in [0.4, 0.5) is 0 Å². The third-order valence-corrected chi connectivity index (χ3v) is 3.05. The topological polar surface area (TPSA) is 53.7 Å². The normalized spacial score (nSPS) is 27.0. The monoisotopic (exact) mass is 209 g/mol. The number of carboxylic acids is 1. The van der Waals surface area contributed by atoms with Crippen LogP contribution in [0.2, 0.25) is 0 Å². The van der Waals surface area contributed by atoms with E-state index in [1.165, 1.54) is 0 Å². The fraction of sp³-hybridized carbons (Fsp3) is 0.545. The van der Waals surface area contributed by atoms with Crippen molar-refractivity contribution in [1.29, 1.82) is 0 Å². The maximum Gasteiger partial charge on any atom is 0.303 e. The lowest BCUT2D eigenvalue weighted by atomic mass is 9.95. The molecule has 0 radical (unpaired) electrons. The first-order valence-corrected chi connectivity index (χ1v) is 5.14. The fourth-order valence-electron chi connectivity index (χ4n) is 2.37. The Kier molecular flexibility index (Phi) is 2.77. The van der Waals surface area contributed by atoms with E-state index in [1.807, 2.05) is 19.2 Å². The van der Waals surface area contributed by atoms with E-state index < -0.39 is 5.97 Å². The Morgan fingerprint density at radius 1 is 1.73 bits per heavy atom. The minimum Gasteiger partial charge on any atom is -0.481 e. The van der Waals surface area contributed by atoms with Crippen LogP contribution in [0.25, 0.3) is 0 Å². The van der Waals surface area contributed by atoms with Crippen molar-refractivity contribution in [2.75, 3.05) is 13.6 Å². The van der Waals surface area contributed by atoms with Crippen LogP contribution < -0.4 is 0 Å². The van der Waals surface area contributed by atoms with Gasteiger partial charge in [0.25, 0.3) is 0 Å². The molecule has 2 atom stereocenters. The molecule has 2 rings (SSSR count). The lowest BCUT2D eigenvalue weighted by Gasteiger charge is -2.21. The number of hydrogen-bond acceptors (Lipinski definition) is 3. The van der Waals surface area contributed by atoms with Crippen molar-refractivity contribution < 1.29 is 14.3 Å². The Bertz CT molecular complexity index is 334. The third kappa shape index (κ3) is 2.04. The lowest BCUT2D eigenvalue weighted by molar-refractivity contribution is -0.138. The van der Waals surface area contributed by atoms with Crippen molar-refractivity contribution in [1.82, 2.24) is 4.90 Å². The molecule has 1 aromatic rings. The van der Waals surface area contributed by atoms with E-state index in [-0.39, 0.29) is 18.4 Å². The van der Waals surface area contributed by atoms with Crippen LogP contribution in [-0.2, 0) is 4.79 Å². The Morgan fingerprint density at radius 2 is 2.53 bits per heavy atom. The summed E-state index contributed by atoms with van der Waals surface area (Å²) in [6.45, 7) is 0.934. The summed E-state index contributed by atoms with van der Waals surface area (Å²) in [5.74, 6) is 0.312. The van der Waals surface area contributed by atoms with E-state index in [1.54, 1.807) is 6.26 Å². The van der Waals surface area contributed by atoms with Crippen LogP contribution >= 0.6 is 0 Å². The number of carbonyl (C=O) groups is 1. The molecule has 1 N–H and O–H groups in total. The quantitative estimate of drug-likeness (QED) is 0.824. The average Bonchev–Trinajstić information content (AvgIpc) is 2.74. The summed E-state index contributed by atoms with van der Waals surface area (Å²) in [6.07, 6.45) is 2.78. The molecular weight excluding hydrogens is 194 g/mol. The number of rotatable bonds is 3. The molecule has 1 aliphatic heterocycles. The first-order chi connectivity index (χ1) is 7.18. The summed E-state index contributed by atoms with van der Waals surface area (Å²) in [6, 6.07) is 3.89. The van der Waals surface area contributed by atoms with E-state index in [0.717, 1.165) is 18.7 Å². The van der Waals surface area contributed by atoms with Gasteiger partial charge in [0.15, 0.2) is 0 Å². The number of carboxylic acid groups (broad SMARTS) is 1. The van der Waals surface area contributed by atoms with Crippen molar-refractivity contribution >= 4 is 5.97 Å². The fourth-order valence-corrected chi connectivity index (χ4v) is 2.37. The maximum atomic E-state index is 10.7. The van der Waals surface area contributed by atoms with Crippen LogP contribution in [0.3, 0.4) is 0 Å². The number of likely N-dealkylation sites (tertiary alicyclic amines) is 1. The van der Waals surface area contributed by atoms with Crippen LogP contribution in [0.1, 0.15) is 24.6 Å². The third-order valence-electron chi connectivity index (χ3n) is 3.05. The Balaban J connectivity index is 2.15. The van der Waals surface area contributed by atoms with E-state index in [9.17, 15) is 4.79 Å². The summed E-state index contributed by atoms with van der Waals surface area (Å²) in [4.78, 5) is 12.9. The molecular formula is C11H15NO3. The van der Waals surface area contributed by atoms with Gasteiger partial charge in [-0.1, -0.05) is 0 Å². The zero-order valence-electron chi connectivity index (χ0n) is 8.72.